The lowest BCUT2D eigenvalue weighted by Gasteiger charge is -2.29. The van der Waals surface area contributed by atoms with Gasteiger partial charge in [-0.05, 0) is 56.1 Å². The van der Waals surface area contributed by atoms with E-state index in [0.717, 1.165) is 61.5 Å². The van der Waals surface area contributed by atoms with Crippen molar-refractivity contribution in [2.75, 3.05) is 25.5 Å². The number of anilines is 1. The Bertz CT molecular complexity index is 846. The Balaban J connectivity index is 1.44. The molecule has 0 radical (unpaired) electrons. The molecule has 2 aliphatic rings. The van der Waals surface area contributed by atoms with Gasteiger partial charge in [0.1, 0.15) is 0 Å². The monoisotopic (exact) mass is 393 g/mol. The molecule has 2 aromatic rings. The highest BCUT2D eigenvalue weighted by atomic mass is 16.2. The zero-order valence-corrected chi connectivity index (χ0v) is 17.6. The summed E-state index contributed by atoms with van der Waals surface area (Å²) in [6.07, 6.45) is 9.20. The molecule has 6 heteroatoms. The highest BCUT2D eigenvalue weighted by Crippen LogP contribution is 2.40. The molecule has 2 fully saturated rings. The van der Waals surface area contributed by atoms with Crippen LogP contribution in [0, 0.1) is 17.8 Å². The van der Waals surface area contributed by atoms with E-state index < -0.39 is 0 Å². The topological polar surface area (TPSA) is 71.0 Å². The van der Waals surface area contributed by atoms with Gasteiger partial charge in [-0.1, -0.05) is 13.0 Å². The molecule has 6 nitrogen and oxygen atoms in total. The first kappa shape index (κ1) is 19.8. The molecule has 0 spiro atoms. The lowest BCUT2D eigenvalue weighted by Crippen LogP contribution is -2.32. The van der Waals surface area contributed by atoms with Crippen molar-refractivity contribution in [1.29, 1.82) is 0 Å². The van der Waals surface area contributed by atoms with Crippen LogP contribution in [0.25, 0.3) is 11.3 Å². The number of pyridine rings is 1. The van der Waals surface area contributed by atoms with Gasteiger partial charge in [-0.25, -0.2) is 9.97 Å². The van der Waals surface area contributed by atoms with E-state index in [0.29, 0.717) is 17.8 Å². The first-order chi connectivity index (χ1) is 14.0. The van der Waals surface area contributed by atoms with Crippen LogP contribution in [0.2, 0.25) is 0 Å². The van der Waals surface area contributed by atoms with Gasteiger partial charge in [0.15, 0.2) is 0 Å². The minimum absolute atomic E-state index is 0.253. The minimum atomic E-state index is 0.253. The Labute approximate surface area is 173 Å². The van der Waals surface area contributed by atoms with Crippen molar-refractivity contribution in [3.8, 4) is 11.3 Å². The van der Waals surface area contributed by atoms with E-state index in [4.69, 9.17) is 4.98 Å². The van der Waals surface area contributed by atoms with Crippen molar-refractivity contribution in [1.82, 2.24) is 20.3 Å². The summed E-state index contributed by atoms with van der Waals surface area (Å²) in [7, 11) is 3.94. The van der Waals surface area contributed by atoms with Gasteiger partial charge in [0.2, 0.25) is 11.9 Å². The van der Waals surface area contributed by atoms with Gasteiger partial charge in [0.25, 0.3) is 0 Å². The Morgan fingerprint density at radius 3 is 2.55 bits per heavy atom. The molecule has 2 aliphatic carbocycles. The van der Waals surface area contributed by atoms with Gasteiger partial charge < -0.3 is 10.2 Å². The third kappa shape index (κ3) is 4.57. The third-order valence-corrected chi connectivity index (χ3v) is 6.39. The van der Waals surface area contributed by atoms with Crippen LogP contribution in [0.3, 0.4) is 0 Å². The van der Waals surface area contributed by atoms with Crippen molar-refractivity contribution in [2.24, 2.45) is 17.8 Å². The van der Waals surface area contributed by atoms with Crippen molar-refractivity contribution in [3.63, 3.8) is 0 Å². The Hall–Kier alpha value is -2.50. The molecule has 1 amide bonds. The third-order valence-electron chi connectivity index (χ3n) is 6.39. The van der Waals surface area contributed by atoms with E-state index in [1.807, 2.05) is 49.6 Å². The number of hydrogen-bond donors (Lipinski definition) is 1. The largest absolute Gasteiger partial charge is 0.356 e. The van der Waals surface area contributed by atoms with Crippen LogP contribution in [0.15, 0.2) is 30.6 Å². The van der Waals surface area contributed by atoms with Gasteiger partial charge in [-0.2, -0.15) is 0 Å². The predicted molar refractivity (Wildman–Crippen MR) is 115 cm³/mol. The number of amides is 1. The van der Waals surface area contributed by atoms with E-state index in [9.17, 15) is 4.79 Å². The van der Waals surface area contributed by atoms with Crippen molar-refractivity contribution in [3.05, 3.63) is 36.3 Å². The summed E-state index contributed by atoms with van der Waals surface area (Å²) in [5.74, 6) is 2.80. The molecular formula is C23H31N5O. The lowest BCUT2D eigenvalue weighted by molar-refractivity contribution is -0.122. The van der Waals surface area contributed by atoms with E-state index in [2.05, 4.69) is 22.2 Å². The zero-order chi connectivity index (χ0) is 20.4. The van der Waals surface area contributed by atoms with Crippen LogP contribution in [-0.2, 0) is 4.79 Å². The molecular weight excluding hydrogens is 362 g/mol. The molecule has 4 rings (SSSR count). The maximum Gasteiger partial charge on any atom is 0.225 e. The van der Waals surface area contributed by atoms with Crippen molar-refractivity contribution >= 4 is 11.9 Å². The van der Waals surface area contributed by atoms with Crippen LogP contribution < -0.4 is 10.2 Å². The first-order valence-corrected chi connectivity index (χ1v) is 10.8. The molecule has 0 aliphatic heterocycles. The van der Waals surface area contributed by atoms with Crippen LogP contribution >= 0.6 is 0 Å². The van der Waals surface area contributed by atoms with Gasteiger partial charge in [-0.3, -0.25) is 9.78 Å². The standard InChI is InChI=1S/C23H31N5O/c1-15-12-18(15)22(29)25-13-16-7-9-17(10-8-16)21-19(20-6-4-5-11-24-20)14-26-23(27-21)28(2)3/h4-6,11,14-18H,7-10,12-13H2,1-3H3,(H,25,29)/t15-,16?,17?,18-/m1/s1. The second kappa shape index (κ2) is 8.47. The molecule has 0 bridgehead atoms. The fourth-order valence-electron chi connectivity index (χ4n) is 4.33. The predicted octanol–water partition coefficient (Wildman–Crippen LogP) is 3.65. The van der Waals surface area contributed by atoms with Crippen LogP contribution in [0.1, 0.15) is 50.6 Å². The lowest BCUT2D eigenvalue weighted by atomic mass is 9.79. The molecule has 2 aromatic heterocycles. The highest BCUT2D eigenvalue weighted by molar-refractivity contribution is 5.81. The molecule has 2 heterocycles. The van der Waals surface area contributed by atoms with E-state index in [1.54, 1.807) is 0 Å². The molecule has 2 saturated carbocycles. The summed E-state index contributed by atoms with van der Waals surface area (Å²) < 4.78 is 0. The average Bonchev–Trinajstić information content (AvgIpc) is 3.49. The van der Waals surface area contributed by atoms with Crippen LogP contribution in [-0.4, -0.2) is 41.5 Å². The van der Waals surface area contributed by atoms with Gasteiger partial charge in [0.05, 0.1) is 11.4 Å². The molecule has 1 N–H and O–H groups in total. The Kier molecular flexibility index (Phi) is 5.79. The fourth-order valence-corrected chi connectivity index (χ4v) is 4.33. The Morgan fingerprint density at radius 2 is 1.93 bits per heavy atom. The van der Waals surface area contributed by atoms with E-state index >= 15 is 0 Å². The van der Waals surface area contributed by atoms with Crippen LogP contribution in [0.4, 0.5) is 5.95 Å². The second-order valence-corrected chi connectivity index (χ2v) is 8.86. The number of nitrogens with one attached hydrogen (secondary N) is 1. The average molecular weight is 394 g/mol. The summed E-state index contributed by atoms with van der Waals surface area (Å²) in [4.78, 5) is 28.0. The second-order valence-electron chi connectivity index (χ2n) is 8.86. The first-order valence-electron chi connectivity index (χ1n) is 10.8. The molecule has 2 atom stereocenters. The highest BCUT2D eigenvalue weighted by Gasteiger charge is 2.39. The fraction of sp³-hybridized carbons (Fsp3) is 0.565. The number of carbonyl (C=O) groups excluding carboxylic acids is 1. The Morgan fingerprint density at radius 1 is 1.17 bits per heavy atom. The summed E-state index contributed by atoms with van der Waals surface area (Å²) >= 11 is 0. The molecule has 154 valence electrons. The zero-order valence-electron chi connectivity index (χ0n) is 17.6. The van der Waals surface area contributed by atoms with Gasteiger partial charge in [-0.15, -0.1) is 0 Å². The van der Waals surface area contributed by atoms with Crippen LogP contribution in [0.5, 0.6) is 0 Å². The number of hydrogen-bond acceptors (Lipinski definition) is 5. The number of rotatable bonds is 6. The summed E-state index contributed by atoms with van der Waals surface area (Å²) in [6.45, 7) is 2.97. The van der Waals surface area contributed by atoms with Crippen molar-refractivity contribution in [2.45, 2.75) is 44.9 Å². The van der Waals surface area contributed by atoms with Crippen molar-refractivity contribution < 1.29 is 4.79 Å². The van der Waals surface area contributed by atoms with Gasteiger partial charge >= 0.3 is 0 Å². The summed E-state index contributed by atoms with van der Waals surface area (Å²) in [6, 6.07) is 5.96. The van der Waals surface area contributed by atoms with E-state index in [-0.39, 0.29) is 11.8 Å². The number of carbonyl (C=O) groups is 1. The smallest absolute Gasteiger partial charge is 0.225 e. The molecule has 29 heavy (non-hydrogen) atoms. The maximum absolute atomic E-state index is 12.1. The van der Waals surface area contributed by atoms with Gasteiger partial charge in [0, 0.05) is 50.4 Å². The summed E-state index contributed by atoms with van der Waals surface area (Å²) in [5.41, 5.74) is 3.08. The normalized spacial score (nSPS) is 26.0. The maximum atomic E-state index is 12.1. The molecule has 0 saturated heterocycles. The quantitative estimate of drug-likeness (QED) is 0.811. The number of aromatic nitrogens is 3. The molecule has 0 unspecified atom stereocenters. The van der Waals surface area contributed by atoms with E-state index in [1.165, 1.54) is 0 Å². The SMILES string of the molecule is C[C@@H]1C[C@H]1C(=O)NCC1CCC(c2nc(N(C)C)ncc2-c2ccccn2)CC1. The summed E-state index contributed by atoms with van der Waals surface area (Å²) in [5, 5.41) is 3.18. The minimum Gasteiger partial charge on any atom is -0.356 e. The number of nitrogens with zero attached hydrogens (tertiary/aromatic N) is 4. The molecule has 0 aromatic carbocycles.